The Morgan fingerprint density at radius 3 is 1.07 bits per heavy atom. The number of rotatable bonds is 2. The van der Waals surface area contributed by atoms with Crippen LogP contribution in [0, 0.1) is 63.2 Å². The Bertz CT molecular complexity index is 105. The molecule has 2 fully saturated rings. The van der Waals surface area contributed by atoms with Gasteiger partial charge in [-0.1, -0.05) is 13.8 Å². The van der Waals surface area contributed by atoms with E-state index in [-0.39, 0.29) is 19.5 Å². The zero-order valence-electron chi connectivity index (χ0n) is 9.39. The minimum atomic E-state index is 0. The quantitative estimate of drug-likeness (QED) is 0.681. The standard InChI is InChI=1S/2C7H9.Ru/c2*1-2-7-5-3-4-6-7;/h2*3-6H,2H2,1H3;/q;;+2. The van der Waals surface area contributed by atoms with E-state index in [9.17, 15) is 0 Å². The Morgan fingerprint density at radius 2 is 0.933 bits per heavy atom. The Balaban J connectivity index is 0.000000245. The van der Waals surface area contributed by atoms with Crippen molar-refractivity contribution in [1.29, 1.82) is 0 Å². The molecule has 0 aromatic heterocycles. The van der Waals surface area contributed by atoms with E-state index in [4.69, 9.17) is 0 Å². The van der Waals surface area contributed by atoms with Crippen LogP contribution in [0.15, 0.2) is 0 Å². The van der Waals surface area contributed by atoms with Gasteiger partial charge in [0, 0.05) is 0 Å². The summed E-state index contributed by atoms with van der Waals surface area (Å²) in [6, 6.07) is 0. The fourth-order valence-electron chi connectivity index (χ4n) is 1.30. The molecule has 80 valence electrons. The summed E-state index contributed by atoms with van der Waals surface area (Å²) in [6.45, 7) is 4.32. The van der Waals surface area contributed by atoms with Crippen LogP contribution in [0.3, 0.4) is 0 Å². The predicted molar refractivity (Wildman–Crippen MR) is 61.5 cm³/mol. The molecule has 10 radical (unpaired) electrons. The van der Waals surface area contributed by atoms with Crippen molar-refractivity contribution < 1.29 is 19.5 Å². The van der Waals surface area contributed by atoms with E-state index < -0.39 is 0 Å². The molecule has 2 aliphatic rings. The smallest absolute Gasteiger partial charge is 0.0648 e. The van der Waals surface area contributed by atoms with Gasteiger partial charge in [0.1, 0.15) is 0 Å². The number of hydrogen-bond acceptors (Lipinski definition) is 0. The molecule has 15 heavy (non-hydrogen) atoms. The van der Waals surface area contributed by atoms with Crippen LogP contribution >= 0.6 is 0 Å². The van der Waals surface area contributed by atoms with Gasteiger partial charge < -0.3 is 0 Å². The zero-order chi connectivity index (χ0) is 10.2. The minimum Gasteiger partial charge on any atom is -0.0648 e. The summed E-state index contributed by atoms with van der Waals surface area (Å²) in [5, 5.41) is 0. The van der Waals surface area contributed by atoms with Gasteiger partial charge >= 0.3 is 19.5 Å². The Labute approximate surface area is 109 Å². The van der Waals surface area contributed by atoms with E-state index in [2.05, 4.69) is 65.2 Å². The van der Waals surface area contributed by atoms with Crippen LogP contribution in [-0.2, 0) is 19.5 Å². The summed E-state index contributed by atoms with van der Waals surface area (Å²) in [4.78, 5) is 0. The van der Waals surface area contributed by atoms with Crippen LogP contribution in [0.25, 0.3) is 0 Å². The molecule has 0 aliphatic heterocycles. The third-order valence-corrected chi connectivity index (χ3v) is 2.28. The first-order valence-corrected chi connectivity index (χ1v) is 5.28. The van der Waals surface area contributed by atoms with Crippen molar-refractivity contribution in [3.8, 4) is 0 Å². The molecule has 2 saturated carbocycles. The van der Waals surface area contributed by atoms with Crippen molar-refractivity contribution in [3.63, 3.8) is 0 Å². The molecule has 0 unspecified atom stereocenters. The van der Waals surface area contributed by atoms with Gasteiger partial charge in [0.15, 0.2) is 0 Å². The SMILES string of the molecule is CC[C]1[CH][CH][CH][CH]1.CC[C]1[CH][CH][CH][CH]1.[Ru+2]. The first-order chi connectivity index (χ1) is 6.86. The largest absolute Gasteiger partial charge is 2.00 e. The van der Waals surface area contributed by atoms with Gasteiger partial charge in [-0.25, -0.2) is 0 Å². The second kappa shape index (κ2) is 9.82. The molecule has 0 atom stereocenters. The third kappa shape index (κ3) is 6.72. The molecule has 2 aliphatic carbocycles. The van der Waals surface area contributed by atoms with Crippen LogP contribution in [-0.4, -0.2) is 0 Å². The Kier molecular flexibility index (Phi) is 10.2. The molecular formula is C14H18Ru+2. The molecule has 0 nitrogen and oxygen atoms in total. The summed E-state index contributed by atoms with van der Waals surface area (Å²) >= 11 is 0. The summed E-state index contributed by atoms with van der Waals surface area (Å²) in [6.07, 6.45) is 19.1. The van der Waals surface area contributed by atoms with Crippen molar-refractivity contribution in [2.75, 3.05) is 0 Å². The molecule has 0 aromatic rings. The molecular weight excluding hydrogens is 269 g/mol. The van der Waals surface area contributed by atoms with Gasteiger partial charge in [-0.05, 0) is 76.0 Å². The number of hydrogen-bond donors (Lipinski definition) is 0. The second-order valence-electron chi connectivity index (χ2n) is 3.29. The average molecular weight is 287 g/mol. The fourth-order valence-corrected chi connectivity index (χ4v) is 1.30. The first kappa shape index (κ1) is 15.6. The van der Waals surface area contributed by atoms with Crippen molar-refractivity contribution in [2.45, 2.75) is 26.7 Å². The molecule has 0 N–H and O–H groups in total. The zero-order valence-corrected chi connectivity index (χ0v) is 11.1. The van der Waals surface area contributed by atoms with Crippen LogP contribution in [0.1, 0.15) is 26.7 Å². The molecule has 0 heterocycles. The summed E-state index contributed by atoms with van der Waals surface area (Å²) in [5.74, 6) is 2.86. The molecule has 0 saturated heterocycles. The second-order valence-corrected chi connectivity index (χ2v) is 3.29. The van der Waals surface area contributed by atoms with Gasteiger partial charge in [0.2, 0.25) is 0 Å². The minimum absolute atomic E-state index is 0. The van der Waals surface area contributed by atoms with Crippen molar-refractivity contribution in [3.05, 3.63) is 63.2 Å². The third-order valence-electron chi connectivity index (χ3n) is 2.28. The van der Waals surface area contributed by atoms with Gasteiger partial charge in [-0.2, -0.15) is 0 Å². The average Bonchev–Trinajstić information content (AvgIpc) is 2.92. The van der Waals surface area contributed by atoms with Gasteiger partial charge in [-0.3, -0.25) is 0 Å². The van der Waals surface area contributed by atoms with Crippen LogP contribution in [0.5, 0.6) is 0 Å². The molecule has 2 rings (SSSR count). The maximum absolute atomic E-state index is 2.16. The molecule has 0 spiro atoms. The van der Waals surface area contributed by atoms with Crippen molar-refractivity contribution >= 4 is 0 Å². The van der Waals surface area contributed by atoms with E-state index in [1.54, 1.807) is 0 Å². The van der Waals surface area contributed by atoms with E-state index in [1.165, 1.54) is 11.8 Å². The van der Waals surface area contributed by atoms with Crippen molar-refractivity contribution in [2.24, 2.45) is 0 Å². The molecule has 1 heteroatoms. The summed E-state index contributed by atoms with van der Waals surface area (Å²) in [7, 11) is 0. The van der Waals surface area contributed by atoms with E-state index >= 15 is 0 Å². The monoisotopic (exact) mass is 288 g/mol. The topological polar surface area (TPSA) is 0 Å². The first-order valence-electron chi connectivity index (χ1n) is 5.28. The van der Waals surface area contributed by atoms with Gasteiger partial charge in [-0.15, -0.1) is 0 Å². The van der Waals surface area contributed by atoms with Crippen LogP contribution in [0.2, 0.25) is 0 Å². The maximum atomic E-state index is 2.16. The van der Waals surface area contributed by atoms with Gasteiger partial charge in [0.05, 0.1) is 0 Å². The van der Waals surface area contributed by atoms with Crippen molar-refractivity contribution in [1.82, 2.24) is 0 Å². The molecule has 0 amide bonds. The molecule has 0 aromatic carbocycles. The van der Waals surface area contributed by atoms with Gasteiger partial charge in [0.25, 0.3) is 0 Å². The normalized spacial score (nSPS) is 22.0. The summed E-state index contributed by atoms with van der Waals surface area (Å²) in [5.41, 5.74) is 0. The van der Waals surface area contributed by atoms with E-state index in [0.29, 0.717) is 0 Å². The predicted octanol–water partition coefficient (Wildman–Crippen LogP) is 3.60. The van der Waals surface area contributed by atoms with E-state index in [1.807, 2.05) is 0 Å². The molecule has 0 bridgehead atoms. The summed E-state index contributed by atoms with van der Waals surface area (Å²) < 4.78 is 0. The van der Waals surface area contributed by atoms with Crippen LogP contribution < -0.4 is 0 Å². The Morgan fingerprint density at radius 1 is 0.667 bits per heavy atom. The Hall–Kier alpha value is 0.623. The van der Waals surface area contributed by atoms with E-state index in [0.717, 1.165) is 12.8 Å². The fraction of sp³-hybridized carbons (Fsp3) is 0.286. The van der Waals surface area contributed by atoms with Crippen LogP contribution in [0.4, 0.5) is 0 Å². The maximum Gasteiger partial charge on any atom is 2.00 e.